The van der Waals surface area contributed by atoms with Gasteiger partial charge in [-0.15, -0.1) is 0 Å². The van der Waals surface area contributed by atoms with Crippen molar-refractivity contribution in [2.24, 2.45) is 0 Å². The highest BCUT2D eigenvalue weighted by Crippen LogP contribution is 2.22. The molecule has 1 aromatic carbocycles. The minimum absolute atomic E-state index is 0.187. The lowest BCUT2D eigenvalue weighted by atomic mass is 10.2. The van der Waals surface area contributed by atoms with Crippen LogP contribution in [0, 0.1) is 0 Å². The van der Waals surface area contributed by atoms with Crippen LogP contribution in [0.2, 0.25) is 5.28 Å². The van der Waals surface area contributed by atoms with E-state index in [1.807, 2.05) is 38.1 Å². The number of rotatable bonds is 3. The largest absolute Gasteiger partial charge is 0.491 e. The zero-order valence-electron chi connectivity index (χ0n) is 9.20. The highest BCUT2D eigenvalue weighted by Gasteiger charge is 2.02. The third kappa shape index (κ3) is 2.55. The molecule has 0 saturated heterocycles. The fourth-order valence-corrected chi connectivity index (χ4v) is 1.58. The van der Waals surface area contributed by atoms with Gasteiger partial charge in [-0.1, -0.05) is 0 Å². The number of benzene rings is 1. The zero-order chi connectivity index (χ0) is 11.5. The molecular weight excluding hydrogens is 224 g/mol. The molecular formula is C12H13ClN2O. The second kappa shape index (κ2) is 4.58. The van der Waals surface area contributed by atoms with Crippen molar-refractivity contribution in [2.75, 3.05) is 0 Å². The fourth-order valence-electron chi connectivity index (χ4n) is 1.43. The van der Waals surface area contributed by atoms with Crippen LogP contribution in [0.25, 0.3) is 11.3 Å². The van der Waals surface area contributed by atoms with Gasteiger partial charge in [0.15, 0.2) is 5.28 Å². The number of aromatic nitrogens is 2. The van der Waals surface area contributed by atoms with Gasteiger partial charge in [0.25, 0.3) is 0 Å². The summed E-state index contributed by atoms with van der Waals surface area (Å²) in [5.41, 5.74) is 1.94. The fraction of sp³-hybridized carbons (Fsp3) is 0.250. The second-order valence-electron chi connectivity index (χ2n) is 3.78. The van der Waals surface area contributed by atoms with E-state index in [-0.39, 0.29) is 6.10 Å². The molecule has 0 aliphatic heterocycles. The Morgan fingerprint density at radius 1 is 1.25 bits per heavy atom. The first-order chi connectivity index (χ1) is 7.65. The highest BCUT2D eigenvalue weighted by molar-refractivity contribution is 6.28. The topological polar surface area (TPSA) is 37.9 Å². The molecule has 0 bridgehead atoms. The maximum atomic E-state index is 5.72. The minimum Gasteiger partial charge on any atom is -0.491 e. The van der Waals surface area contributed by atoms with Crippen LogP contribution in [-0.2, 0) is 0 Å². The number of halogens is 1. The molecule has 0 amide bonds. The van der Waals surface area contributed by atoms with E-state index < -0.39 is 0 Å². The van der Waals surface area contributed by atoms with E-state index >= 15 is 0 Å². The van der Waals surface area contributed by atoms with Crippen molar-refractivity contribution in [3.63, 3.8) is 0 Å². The summed E-state index contributed by atoms with van der Waals surface area (Å²) in [4.78, 5) is 6.91. The van der Waals surface area contributed by atoms with Gasteiger partial charge in [0.1, 0.15) is 5.75 Å². The van der Waals surface area contributed by atoms with Gasteiger partial charge in [0.05, 0.1) is 18.0 Å². The maximum absolute atomic E-state index is 5.72. The summed E-state index contributed by atoms with van der Waals surface area (Å²) in [6.45, 7) is 4.01. The third-order valence-corrected chi connectivity index (χ3v) is 2.27. The first-order valence-electron chi connectivity index (χ1n) is 5.13. The Bertz CT molecular complexity index is 462. The molecule has 0 atom stereocenters. The average Bonchev–Trinajstić information content (AvgIpc) is 2.65. The number of imidazole rings is 1. The molecule has 1 N–H and O–H groups in total. The van der Waals surface area contributed by atoms with E-state index in [4.69, 9.17) is 16.3 Å². The van der Waals surface area contributed by atoms with E-state index in [9.17, 15) is 0 Å². The zero-order valence-corrected chi connectivity index (χ0v) is 9.95. The van der Waals surface area contributed by atoms with Gasteiger partial charge in [-0.25, -0.2) is 4.98 Å². The Morgan fingerprint density at radius 3 is 2.44 bits per heavy atom. The molecule has 0 saturated carbocycles. The molecule has 0 unspecified atom stereocenters. The second-order valence-corrected chi connectivity index (χ2v) is 4.14. The normalized spacial score (nSPS) is 10.8. The summed E-state index contributed by atoms with van der Waals surface area (Å²) in [5, 5.41) is 0.400. The summed E-state index contributed by atoms with van der Waals surface area (Å²) in [6.07, 6.45) is 1.90. The van der Waals surface area contributed by atoms with Gasteiger partial charge in [-0.2, -0.15) is 0 Å². The van der Waals surface area contributed by atoms with Crippen molar-refractivity contribution in [3.05, 3.63) is 35.7 Å². The van der Waals surface area contributed by atoms with Crippen LogP contribution in [-0.4, -0.2) is 16.1 Å². The average molecular weight is 237 g/mol. The first kappa shape index (κ1) is 11.0. The molecule has 3 nitrogen and oxygen atoms in total. The van der Waals surface area contributed by atoms with Crippen LogP contribution < -0.4 is 4.74 Å². The molecule has 1 heterocycles. The Balaban J connectivity index is 2.19. The first-order valence-corrected chi connectivity index (χ1v) is 5.50. The van der Waals surface area contributed by atoms with E-state index in [0.29, 0.717) is 5.28 Å². The van der Waals surface area contributed by atoms with Crippen LogP contribution in [0.1, 0.15) is 13.8 Å². The van der Waals surface area contributed by atoms with Crippen molar-refractivity contribution in [3.8, 4) is 17.0 Å². The van der Waals surface area contributed by atoms with Gasteiger partial charge in [-0.05, 0) is 55.3 Å². The molecule has 84 valence electrons. The van der Waals surface area contributed by atoms with Crippen LogP contribution in [0.4, 0.5) is 0 Å². The molecule has 16 heavy (non-hydrogen) atoms. The standard InChI is InChI=1S/C12H13ClN2O/c1-8(2)16-10-5-3-9(4-6-10)11-7-14-12(13)15-11/h3-8H,1-2H3,(H,14,15). The number of ether oxygens (including phenoxy) is 1. The van der Waals surface area contributed by atoms with Crippen molar-refractivity contribution in [1.29, 1.82) is 0 Å². The van der Waals surface area contributed by atoms with Crippen LogP contribution in [0.3, 0.4) is 0 Å². The summed E-state index contributed by atoms with van der Waals surface area (Å²) >= 11 is 5.72. The number of aromatic amines is 1. The Kier molecular flexibility index (Phi) is 3.15. The number of H-pyrrole nitrogens is 1. The van der Waals surface area contributed by atoms with Gasteiger partial charge < -0.3 is 9.72 Å². The third-order valence-electron chi connectivity index (χ3n) is 2.08. The number of hydrogen-bond acceptors (Lipinski definition) is 2. The van der Waals surface area contributed by atoms with E-state index in [2.05, 4.69) is 9.97 Å². The van der Waals surface area contributed by atoms with Crippen LogP contribution in [0.5, 0.6) is 5.75 Å². The summed E-state index contributed by atoms with van der Waals surface area (Å²) in [7, 11) is 0. The molecule has 0 fully saturated rings. The van der Waals surface area contributed by atoms with Crippen molar-refractivity contribution in [1.82, 2.24) is 9.97 Å². The smallest absolute Gasteiger partial charge is 0.200 e. The predicted molar refractivity (Wildman–Crippen MR) is 64.8 cm³/mol. The van der Waals surface area contributed by atoms with Crippen molar-refractivity contribution < 1.29 is 4.74 Å². The number of nitrogens with one attached hydrogen (secondary N) is 1. The van der Waals surface area contributed by atoms with E-state index in [0.717, 1.165) is 17.0 Å². The van der Waals surface area contributed by atoms with Gasteiger partial charge in [0, 0.05) is 0 Å². The van der Waals surface area contributed by atoms with E-state index in [1.165, 1.54) is 0 Å². The molecule has 0 radical (unpaired) electrons. The summed E-state index contributed by atoms with van der Waals surface area (Å²) in [5.74, 6) is 0.865. The monoisotopic (exact) mass is 236 g/mol. The predicted octanol–water partition coefficient (Wildman–Crippen LogP) is 3.52. The summed E-state index contributed by atoms with van der Waals surface area (Å²) < 4.78 is 5.56. The lowest BCUT2D eigenvalue weighted by Crippen LogP contribution is -2.05. The summed E-state index contributed by atoms with van der Waals surface area (Å²) in [6, 6.07) is 7.82. The SMILES string of the molecule is CC(C)Oc1ccc(-c2cnc(Cl)[nH]2)cc1. The highest BCUT2D eigenvalue weighted by atomic mass is 35.5. The van der Waals surface area contributed by atoms with Crippen molar-refractivity contribution in [2.45, 2.75) is 20.0 Å². The lowest BCUT2D eigenvalue weighted by molar-refractivity contribution is 0.242. The molecule has 2 rings (SSSR count). The Hall–Kier alpha value is -1.48. The van der Waals surface area contributed by atoms with E-state index in [1.54, 1.807) is 6.20 Å². The van der Waals surface area contributed by atoms with Crippen LogP contribution >= 0.6 is 11.6 Å². The molecule has 4 heteroatoms. The Morgan fingerprint density at radius 2 is 1.94 bits per heavy atom. The van der Waals surface area contributed by atoms with Crippen molar-refractivity contribution >= 4 is 11.6 Å². The molecule has 2 aromatic rings. The minimum atomic E-state index is 0.187. The van der Waals surface area contributed by atoms with Gasteiger partial charge in [0.2, 0.25) is 0 Å². The molecule has 0 aliphatic carbocycles. The van der Waals surface area contributed by atoms with Gasteiger partial charge in [-0.3, -0.25) is 0 Å². The van der Waals surface area contributed by atoms with Gasteiger partial charge >= 0.3 is 0 Å². The maximum Gasteiger partial charge on any atom is 0.200 e. The molecule has 0 spiro atoms. The number of hydrogen-bond donors (Lipinski definition) is 1. The quantitative estimate of drug-likeness (QED) is 0.886. The molecule has 0 aliphatic rings. The number of nitrogens with zero attached hydrogens (tertiary/aromatic N) is 1. The lowest BCUT2D eigenvalue weighted by Gasteiger charge is -2.09. The molecule has 1 aromatic heterocycles. The Labute approximate surface area is 99.4 Å². The van der Waals surface area contributed by atoms with Crippen LogP contribution in [0.15, 0.2) is 30.5 Å².